The summed E-state index contributed by atoms with van der Waals surface area (Å²) in [6, 6.07) is 25.2. The van der Waals surface area contributed by atoms with E-state index >= 15 is 0 Å². The molecule has 0 unspecified atom stereocenters. The van der Waals surface area contributed by atoms with Gasteiger partial charge in [-0.1, -0.05) is 149 Å². The number of hydrogen-bond acceptors (Lipinski definition) is 5. The summed E-state index contributed by atoms with van der Waals surface area (Å²) in [6.45, 7) is 26.9. The van der Waals surface area contributed by atoms with E-state index in [0.717, 1.165) is 52.5 Å². The first kappa shape index (κ1) is 45.0. The molecule has 4 nitrogen and oxygen atoms in total. The Morgan fingerprint density at radius 2 is 1.36 bits per heavy atom. The molecule has 0 aliphatic rings. The van der Waals surface area contributed by atoms with Crippen molar-refractivity contribution in [3.8, 4) is 11.3 Å². The van der Waals surface area contributed by atoms with Gasteiger partial charge in [-0.15, -0.1) is 40.5 Å². The Kier molecular flexibility index (Phi) is 17.3. The maximum Gasteiger partial charge on any atom is 0.162 e. The molecule has 301 valence electrons. The fourth-order valence-corrected chi connectivity index (χ4v) is 17.6. The molecule has 2 heterocycles. The van der Waals surface area contributed by atoms with Crippen LogP contribution in [0.15, 0.2) is 66.7 Å². The zero-order valence-corrected chi connectivity index (χ0v) is 39.8. The Balaban J connectivity index is 0.000000448. The van der Waals surface area contributed by atoms with Crippen molar-refractivity contribution in [1.29, 1.82) is 0 Å². The first-order valence-corrected chi connectivity index (χ1v) is 24.1. The van der Waals surface area contributed by atoms with Gasteiger partial charge < -0.3 is 5.11 Å². The summed E-state index contributed by atoms with van der Waals surface area (Å²) in [7, 11) is -1.85. The zero-order valence-electron chi connectivity index (χ0n) is 36.6. The second-order valence-electron chi connectivity index (χ2n) is 17.0. The number of aromatic nitrogens is 2. The predicted molar refractivity (Wildman–Crippen MR) is 239 cm³/mol. The van der Waals surface area contributed by atoms with Crippen LogP contribution in [0.4, 0.5) is 0 Å². The topological polar surface area (TPSA) is 63.1 Å². The summed E-state index contributed by atoms with van der Waals surface area (Å²) in [4.78, 5) is 21.2. The molecule has 0 aliphatic heterocycles. The van der Waals surface area contributed by atoms with E-state index in [1.54, 1.807) is 5.19 Å². The van der Waals surface area contributed by atoms with Crippen LogP contribution < -0.4 is 5.19 Å². The first-order valence-electron chi connectivity index (χ1n) is 21.2. The van der Waals surface area contributed by atoms with E-state index in [2.05, 4.69) is 110 Å². The van der Waals surface area contributed by atoms with Crippen molar-refractivity contribution in [3.63, 3.8) is 0 Å². The summed E-state index contributed by atoms with van der Waals surface area (Å²) in [5, 5.41) is 14.9. The second-order valence-corrected chi connectivity index (χ2v) is 22.4. The molecule has 7 heteroatoms. The molecule has 1 N–H and O–H groups in total. The summed E-state index contributed by atoms with van der Waals surface area (Å²) >= 11 is 1.85. The van der Waals surface area contributed by atoms with Crippen molar-refractivity contribution in [2.75, 3.05) is 0 Å². The standard InChI is InChI=1S/C35H43N2SSi.C13H24O2.Ir/c1-22(2)18-39(19-23(3)4,20-24(5)6)31-15-11-14-29-33-35(38-34(29)31)32(36-21-37-33)27-16-26-12-9-10-13-28(26)30(17-27)25(7)8;1-5-10(6-2)12(14)9-13(15)11(7-3)8-4;/h9-15,17,21-25H,18-20H2,1-8H3;9-11,14H,5-8H2,1-4H3;/q-1;;/b;12-9-;/i21D;;. The normalized spacial score (nSPS) is 12.8. The van der Waals surface area contributed by atoms with Gasteiger partial charge in [-0.25, -0.2) is 4.98 Å². The van der Waals surface area contributed by atoms with E-state index in [1.165, 1.54) is 45.2 Å². The van der Waals surface area contributed by atoms with Crippen molar-refractivity contribution in [2.24, 2.45) is 29.6 Å². The van der Waals surface area contributed by atoms with Gasteiger partial charge in [0, 0.05) is 58.5 Å². The Bertz CT molecular complexity index is 2050. The number of benzene rings is 3. The third-order valence-corrected chi connectivity index (χ3v) is 18.7. The Hall–Kier alpha value is -2.70. The van der Waals surface area contributed by atoms with E-state index in [4.69, 9.17) is 11.3 Å². The number of thiophene rings is 1. The fraction of sp³-hybridized carbons (Fsp3) is 0.521. The molecule has 0 bridgehead atoms. The Morgan fingerprint density at radius 1 is 0.800 bits per heavy atom. The third kappa shape index (κ3) is 11.2. The van der Waals surface area contributed by atoms with Gasteiger partial charge in [0.25, 0.3) is 0 Å². The quantitative estimate of drug-likeness (QED) is 0.0463. The maximum atomic E-state index is 11.7. The molecule has 3 aromatic carbocycles. The Labute approximate surface area is 352 Å². The van der Waals surface area contributed by atoms with Crippen LogP contribution in [0.25, 0.3) is 42.3 Å². The average molecular weight is 957 g/mol. The average Bonchev–Trinajstić information content (AvgIpc) is 3.49. The fourth-order valence-electron chi connectivity index (χ4n) is 8.72. The molecule has 0 fully saturated rings. The van der Waals surface area contributed by atoms with Crippen molar-refractivity contribution in [3.05, 3.63) is 78.3 Å². The van der Waals surface area contributed by atoms with Crippen molar-refractivity contribution < 1.29 is 31.4 Å². The maximum absolute atomic E-state index is 11.7. The summed E-state index contributed by atoms with van der Waals surface area (Å²) in [5.74, 6) is 2.89. The second kappa shape index (κ2) is 21.2. The SMILES string of the molecule is CCC(CC)C(=O)/C=C(\O)C(CC)CC.[2H]c1nc(-c2[c-]c3ccccc3c(C(C)C)c2)c2sc3c([Si](CC(C)C)(CC(C)C)CC(C)C)cccc3c2n1.[Ir]. The molecule has 0 atom stereocenters. The largest absolute Gasteiger partial charge is 0.512 e. The molecule has 0 aliphatic carbocycles. The van der Waals surface area contributed by atoms with Gasteiger partial charge in [0.05, 0.1) is 19.3 Å². The van der Waals surface area contributed by atoms with E-state index in [-0.39, 0.29) is 49.8 Å². The number of allylic oxidation sites excluding steroid dienone is 2. The molecule has 5 aromatic rings. The van der Waals surface area contributed by atoms with Gasteiger partial charge in [-0.2, -0.15) is 0 Å². The van der Waals surface area contributed by atoms with Crippen LogP contribution in [-0.2, 0) is 24.9 Å². The molecule has 0 amide bonds. The van der Waals surface area contributed by atoms with Crippen LogP contribution in [0, 0.1) is 35.7 Å². The van der Waals surface area contributed by atoms with Crippen LogP contribution in [0.3, 0.4) is 0 Å². The van der Waals surface area contributed by atoms with Gasteiger partial charge in [0.2, 0.25) is 0 Å². The van der Waals surface area contributed by atoms with Gasteiger partial charge in [-0.3, -0.25) is 9.78 Å². The molecular formula is C48H67IrN2O2SSi-. The number of carbonyl (C=O) groups is 1. The summed E-state index contributed by atoms with van der Waals surface area (Å²) in [6.07, 6.45) is 4.99. The van der Waals surface area contributed by atoms with Crippen LogP contribution in [0.5, 0.6) is 0 Å². The van der Waals surface area contributed by atoms with Crippen LogP contribution in [-0.4, -0.2) is 28.9 Å². The van der Waals surface area contributed by atoms with Crippen LogP contribution in [0.2, 0.25) is 18.1 Å². The van der Waals surface area contributed by atoms with Gasteiger partial charge >= 0.3 is 0 Å². The van der Waals surface area contributed by atoms with E-state index < -0.39 is 8.07 Å². The molecule has 55 heavy (non-hydrogen) atoms. The van der Waals surface area contributed by atoms with E-state index in [1.807, 2.05) is 39.0 Å². The number of fused-ring (bicyclic) bond motifs is 4. The molecule has 5 rings (SSSR count). The summed E-state index contributed by atoms with van der Waals surface area (Å²) < 4.78 is 11.1. The van der Waals surface area contributed by atoms with Crippen LogP contribution >= 0.6 is 11.3 Å². The van der Waals surface area contributed by atoms with Crippen LogP contribution in [0.1, 0.15) is 122 Å². The zero-order chi connectivity index (χ0) is 40.6. The molecule has 2 aromatic heterocycles. The number of nitrogens with zero attached hydrogens (tertiary/aromatic N) is 2. The number of ketones is 1. The van der Waals surface area contributed by atoms with Crippen molar-refractivity contribution in [2.45, 2.75) is 133 Å². The van der Waals surface area contributed by atoms with E-state index in [0.29, 0.717) is 23.7 Å². The number of aliphatic hydroxyl groups excluding tert-OH is 1. The summed E-state index contributed by atoms with van der Waals surface area (Å²) in [5.41, 5.74) is 4.03. The number of rotatable bonds is 16. The predicted octanol–water partition coefficient (Wildman–Crippen LogP) is 14.1. The molecular weight excluding hydrogens is 889 g/mol. The third-order valence-electron chi connectivity index (χ3n) is 11.0. The van der Waals surface area contributed by atoms with Crippen molar-refractivity contribution >= 4 is 61.5 Å². The minimum Gasteiger partial charge on any atom is -0.512 e. The van der Waals surface area contributed by atoms with E-state index in [9.17, 15) is 9.90 Å². The monoisotopic (exact) mass is 957 g/mol. The molecule has 0 spiro atoms. The van der Waals surface area contributed by atoms with Gasteiger partial charge in [0.15, 0.2) is 5.78 Å². The smallest absolute Gasteiger partial charge is 0.162 e. The van der Waals surface area contributed by atoms with Crippen molar-refractivity contribution in [1.82, 2.24) is 9.97 Å². The Morgan fingerprint density at radius 3 is 1.91 bits per heavy atom. The number of carbonyl (C=O) groups excluding carboxylic acids is 1. The first-order chi connectivity index (χ1) is 26.1. The minimum atomic E-state index is -1.85. The van der Waals surface area contributed by atoms with Gasteiger partial charge in [0.1, 0.15) is 7.67 Å². The number of aliphatic hydroxyl groups is 1. The molecule has 1 radical (unpaired) electrons. The van der Waals surface area contributed by atoms with Gasteiger partial charge in [-0.05, 0) is 54.5 Å². The number of hydrogen-bond donors (Lipinski definition) is 1. The minimum absolute atomic E-state index is 0. The molecule has 0 saturated heterocycles. The molecule has 0 saturated carbocycles.